The van der Waals surface area contributed by atoms with Gasteiger partial charge in [-0.2, -0.15) is 0 Å². The fourth-order valence-electron chi connectivity index (χ4n) is 2.60. The molecular formula is C17H25N3O2. The SMILES string of the molecule is CCC(C(=O)OC(C)C)n1c(CN(C)C)nc2ccccc21. The second-order valence-electron chi connectivity index (χ2n) is 6.03. The lowest BCUT2D eigenvalue weighted by Gasteiger charge is -2.21. The van der Waals surface area contributed by atoms with Crippen molar-refractivity contribution in [3.63, 3.8) is 0 Å². The largest absolute Gasteiger partial charge is 0.461 e. The van der Waals surface area contributed by atoms with Gasteiger partial charge in [-0.3, -0.25) is 0 Å². The topological polar surface area (TPSA) is 47.4 Å². The van der Waals surface area contributed by atoms with E-state index in [0.717, 1.165) is 16.9 Å². The molecule has 5 heteroatoms. The van der Waals surface area contributed by atoms with Crippen LogP contribution in [0, 0.1) is 0 Å². The van der Waals surface area contributed by atoms with Gasteiger partial charge in [0.05, 0.1) is 23.7 Å². The fraction of sp³-hybridized carbons (Fsp3) is 0.529. The number of esters is 1. The predicted molar refractivity (Wildman–Crippen MR) is 87.7 cm³/mol. The Balaban J connectivity index is 2.51. The molecule has 1 aromatic carbocycles. The lowest BCUT2D eigenvalue weighted by atomic mass is 10.2. The van der Waals surface area contributed by atoms with E-state index >= 15 is 0 Å². The molecule has 5 nitrogen and oxygen atoms in total. The lowest BCUT2D eigenvalue weighted by molar-refractivity contribution is -0.151. The molecule has 2 aromatic rings. The molecule has 1 heterocycles. The summed E-state index contributed by atoms with van der Waals surface area (Å²) < 4.78 is 7.46. The monoisotopic (exact) mass is 303 g/mol. The molecule has 0 fully saturated rings. The van der Waals surface area contributed by atoms with Crippen molar-refractivity contribution in [2.45, 2.75) is 45.9 Å². The van der Waals surface area contributed by atoms with Crippen LogP contribution in [0.3, 0.4) is 0 Å². The lowest BCUT2D eigenvalue weighted by Crippen LogP contribution is -2.26. The van der Waals surface area contributed by atoms with Crippen LogP contribution < -0.4 is 0 Å². The van der Waals surface area contributed by atoms with E-state index in [9.17, 15) is 4.79 Å². The van der Waals surface area contributed by atoms with Crippen LogP contribution in [0.2, 0.25) is 0 Å². The number of carbonyl (C=O) groups is 1. The molecule has 1 atom stereocenters. The normalized spacial score (nSPS) is 13.0. The van der Waals surface area contributed by atoms with Crippen LogP contribution in [0.1, 0.15) is 39.1 Å². The summed E-state index contributed by atoms with van der Waals surface area (Å²) in [4.78, 5) is 19.2. The van der Waals surface area contributed by atoms with Gasteiger partial charge >= 0.3 is 5.97 Å². The molecule has 0 bridgehead atoms. The van der Waals surface area contributed by atoms with E-state index in [1.165, 1.54) is 0 Å². The molecule has 0 aliphatic heterocycles. The summed E-state index contributed by atoms with van der Waals surface area (Å²) >= 11 is 0. The maximum Gasteiger partial charge on any atom is 0.329 e. The maximum absolute atomic E-state index is 12.5. The van der Waals surface area contributed by atoms with Gasteiger partial charge in [0.25, 0.3) is 0 Å². The average Bonchev–Trinajstić information content (AvgIpc) is 2.76. The highest BCUT2D eigenvalue weighted by Crippen LogP contribution is 2.25. The van der Waals surface area contributed by atoms with Crippen LogP contribution in [0.25, 0.3) is 11.0 Å². The van der Waals surface area contributed by atoms with Crippen molar-refractivity contribution < 1.29 is 9.53 Å². The van der Waals surface area contributed by atoms with E-state index in [4.69, 9.17) is 9.72 Å². The van der Waals surface area contributed by atoms with Crippen LogP contribution in [-0.4, -0.2) is 40.6 Å². The molecule has 1 aromatic heterocycles. The molecule has 120 valence electrons. The highest BCUT2D eigenvalue weighted by molar-refractivity contribution is 5.81. The van der Waals surface area contributed by atoms with Crippen molar-refractivity contribution in [2.75, 3.05) is 14.1 Å². The minimum Gasteiger partial charge on any atom is -0.461 e. The van der Waals surface area contributed by atoms with Gasteiger partial charge < -0.3 is 14.2 Å². The van der Waals surface area contributed by atoms with Gasteiger partial charge in [0.1, 0.15) is 11.9 Å². The van der Waals surface area contributed by atoms with Gasteiger partial charge in [-0.15, -0.1) is 0 Å². The van der Waals surface area contributed by atoms with Gasteiger partial charge in [0.2, 0.25) is 0 Å². The van der Waals surface area contributed by atoms with Crippen molar-refractivity contribution in [1.82, 2.24) is 14.5 Å². The van der Waals surface area contributed by atoms with E-state index in [0.29, 0.717) is 13.0 Å². The number of benzene rings is 1. The standard InChI is InChI=1S/C17H25N3O2/c1-6-14(17(21)22-12(2)3)20-15-10-8-7-9-13(15)18-16(20)11-19(4)5/h7-10,12,14H,6,11H2,1-5H3. The number of hydrogen-bond acceptors (Lipinski definition) is 4. The van der Waals surface area contributed by atoms with Crippen molar-refractivity contribution in [1.29, 1.82) is 0 Å². The summed E-state index contributed by atoms with van der Waals surface area (Å²) in [7, 11) is 3.99. The van der Waals surface area contributed by atoms with Crippen LogP contribution in [-0.2, 0) is 16.1 Å². The minimum atomic E-state index is -0.343. The number of carbonyl (C=O) groups excluding carboxylic acids is 1. The van der Waals surface area contributed by atoms with Crippen LogP contribution in [0.5, 0.6) is 0 Å². The summed E-state index contributed by atoms with van der Waals surface area (Å²) in [5.41, 5.74) is 1.89. The van der Waals surface area contributed by atoms with Gasteiger partial charge in [0.15, 0.2) is 0 Å². The first-order chi connectivity index (χ1) is 10.4. The molecule has 0 amide bonds. The van der Waals surface area contributed by atoms with Crippen molar-refractivity contribution in [2.24, 2.45) is 0 Å². The van der Waals surface area contributed by atoms with Crippen LogP contribution in [0.15, 0.2) is 24.3 Å². The third kappa shape index (κ3) is 3.47. The molecule has 0 spiro atoms. The van der Waals surface area contributed by atoms with Gasteiger partial charge in [-0.25, -0.2) is 9.78 Å². The summed E-state index contributed by atoms with van der Waals surface area (Å²) in [6.45, 7) is 6.43. The van der Waals surface area contributed by atoms with E-state index in [1.807, 2.05) is 63.7 Å². The molecule has 0 radical (unpaired) electrons. The minimum absolute atomic E-state index is 0.117. The van der Waals surface area contributed by atoms with Crippen LogP contribution in [0.4, 0.5) is 0 Å². The number of rotatable bonds is 6. The van der Waals surface area contributed by atoms with E-state index in [2.05, 4.69) is 4.90 Å². The number of ether oxygens (including phenoxy) is 1. The number of imidazole rings is 1. The zero-order chi connectivity index (χ0) is 16.3. The Bertz CT molecular complexity index is 646. The van der Waals surface area contributed by atoms with E-state index in [-0.39, 0.29) is 18.1 Å². The summed E-state index contributed by atoms with van der Waals surface area (Å²) in [5, 5.41) is 0. The first-order valence-corrected chi connectivity index (χ1v) is 7.75. The molecule has 1 unspecified atom stereocenters. The maximum atomic E-state index is 12.5. The zero-order valence-corrected chi connectivity index (χ0v) is 14.0. The fourth-order valence-corrected chi connectivity index (χ4v) is 2.60. The Labute approximate surface area is 131 Å². The molecule has 0 saturated heterocycles. The quantitative estimate of drug-likeness (QED) is 0.770. The highest BCUT2D eigenvalue weighted by atomic mass is 16.5. The highest BCUT2D eigenvalue weighted by Gasteiger charge is 2.26. The van der Waals surface area contributed by atoms with Crippen molar-refractivity contribution >= 4 is 17.0 Å². The zero-order valence-electron chi connectivity index (χ0n) is 14.0. The molecule has 2 rings (SSSR count). The van der Waals surface area contributed by atoms with Crippen LogP contribution >= 0.6 is 0 Å². The second-order valence-corrected chi connectivity index (χ2v) is 6.03. The second kappa shape index (κ2) is 6.92. The Morgan fingerprint density at radius 3 is 2.59 bits per heavy atom. The first-order valence-electron chi connectivity index (χ1n) is 7.75. The third-order valence-electron chi connectivity index (χ3n) is 3.45. The van der Waals surface area contributed by atoms with Crippen molar-refractivity contribution in [3.05, 3.63) is 30.1 Å². The molecular weight excluding hydrogens is 278 g/mol. The average molecular weight is 303 g/mol. The summed E-state index contributed by atoms with van der Waals surface area (Å²) in [5.74, 6) is 0.694. The van der Waals surface area contributed by atoms with E-state index in [1.54, 1.807) is 0 Å². The Morgan fingerprint density at radius 1 is 1.32 bits per heavy atom. The Hall–Kier alpha value is -1.88. The third-order valence-corrected chi connectivity index (χ3v) is 3.45. The number of aromatic nitrogens is 2. The molecule has 0 saturated carbocycles. The Kier molecular flexibility index (Phi) is 5.19. The summed E-state index contributed by atoms with van der Waals surface area (Å²) in [6.07, 6.45) is 0.556. The smallest absolute Gasteiger partial charge is 0.329 e. The van der Waals surface area contributed by atoms with E-state index < -0.39 is 0 Å². The molecule has 22 heavy (non-hydrogen) atoms. The van der Waals surface area contributed by atoms with Crippen molar-refractivity contribution in [3.8, 4) is 0 Å². The molecule has 0 aliphatic carbocycles. The first kappa shape index (κ1) is 16.5. The molecule has 0 N–H and O–H groups in total. The molecule has 0 aliphatic rings. The number of hydrogen-bond donors (Lipinski definition) is 0. The Morgan fingerprint density at radius 2 is 2.00 bits per heavy atom. The van der Waals surface area contributed by atoms with Gasteiger partial charge in [-0.1, -0.05) is 19.1 Å². The number of para-hydroxylation sites is 2. The number of nitrogens with zero attached hydrogens (tertiary/aromatic N) is 3. The van der Waals surface area contributed by atoms with Gasteiger partial charge in [0, 0.05) is 0 Å². The summed E-state index contributed by atoms with van der Waals surface area (Å²) in [6, 6.07) is 7.58. The predicted octanol–water partition coefficient (Wildman–Crippen LogP) is 3.00. The van der Waals surface area contributed by atoms with Gasteiger partial charge in [-0.05, 0) is 46.5 Å². The number of fused-ring (bicyclic) bond motifs is 1.